The lowest BCUT2D eigenvalue weighted by atomic mass is 10.2. The lowest BCUT2D eigenvalue weighted by molar-refractivity contribution is 0.289. The van der Waals surface area contributed by atoms with Gasteiger partial charge in [-0.15, -0.1) is 5.10 Å². The molecule has 0 aliphatic heterocycles. The van der Waals surface area contributed by atoms with Crippen LogP contribution in [0.25, 0.3) is 0 Å². The van der Waals surface area contributed by atoms with E-state index in [1.54, 1.807) is 0 Å². The van der Waals surface area contributed by atoms with Gasteiger partial charge in [-0.3, -0.25) is 0 Å². The van der Waals surface area contributed by atoms with Crippen molar-refractivity contribution in [2.75, 3.05) is 18.1 Å². The smallest absolute Gasteiger partial charge is 0.170 e. The maximum atomic E-state index is 9.07. The Labute approximate surface area is 118 Å². The Balaban J connectivity index is 1.77. The second-order valence-electron chi connectivity index (χ2n) is 5.11. The van der Waals surface area contributed by atoms with Crippen LogP contribution in [-0.2, 0) is 6.54 Å². The van der Waals surface area contributed by atoms with Gasteiger partial charge in [-0.1, -0.05) is 18.2 Å². The summed E-state index contributed by atoms with van der Waals surface area (Å²) in [6.07, 6.45) is 3.07. The Morgan fingerprint density at radius 2 is 2.05 bits per heavy atom. The number of aliphatic hydroxyl groups excluding tert-OH is 1. The van der Waals surface area contributed by atoms with Crippen LogP contribution in [0.3, 0.4) is 0 Å². The highest BCUT2D eigenvalue weighted by molar-refractivity contribution is 5.45. The van der Waals surface area contributed by atoms with E-state index < -0.39 is 0 Å². The molecule has 1 aromatic carbocycles. The van der Waals surface area contributed by atoms with E-state index >= 15 is 0 Å². The van der Waals surface area contributed by atoms with E-state index in [1.165, 1.54) is 12.8 Å². The van der Waals surface area contributed by atoms with E-state index in [4.69, 9.17) is 5.11 Å². The quantitative estimate of drug-likeness (QED) is 0.826. The first-order valence-electron chi connectivity index (χ1n) is 7.06. The first kappa shape index (κ1) is 13.1. The van der Waals surface area contributed by atoms with Crippen molar-refractivity contribution in [3.63, 3.8) is 0 Å². The topological polar surface area (TPSA) is 67.1 Å². The number of aliphatic hydroxyl groups is 1. The number of para-hydroxylation sites is 1. The van der Waals surface area contributed by atoms with Crippen LogP contribution < -0.4 is 4.90 Å². The number of aromatic nitrogens is 4. The van der Waals surface area contributed by atoms with Gasteiger partial charge in [-0.05, 0) is 41.8 Å². The first-order valence-corrected chi connectivity index (χ1v) is 7.06. The van der Waals surface area contributed by atoms with Crippen LogP contribution in [0.5, 0.6) is 0 Å². The lowest BCUT2D eigenvalue weighted by Crippen LogP contribution is -2.26. The average molecular weight is 273 g/mol. The molecule has 1 fully saturated rings. The van der Waals surface area contributed by atoms with Gasteiger partial charge in [-0.25, -0.2) is 4.68 Å². The van der Waals surface area contributed by atoms with E-state index in [0.29, 0.717) is 12.6 Å². The second-order valence-corrected chi connectivity index (χ2v) is 5.11. The number of benzene rings is 1. The first-order chi connectivity index (χ1) is 9.88. The van der Waals surface area contributed by atoms with Gasteiger partial charge in [0.2, 0.25) is 0 Å². The molecule has 1 aromatic heterocycles. The largest absolute Gasteiger partial charge is 0.396 e. The van der Waals surface area contributed by atoms with Crippen molar-refractivity contribution in [2.45, 2.75) is 31.8 Å². The molecule has 1 N–H and O–H groups in total. The van der Waals surface area contributed by atoms with Crippen LogP contribution in [0.2, 0.25) is 0 Å². The number of nitrogens with zero attached hydrogens (tertiary/aromatic N) is 5. The third kappa shape index (κ3) is 2.96. The standard InChI is InChI=1S/C14H19N5O/c20-10-4-9-18(12-5-2-1-3-6-12)11-14-15-16-17-19(14)13-7-8-13/h1-3,5-6,13,20H,4,7-11H2. The molecule has 0 bridgehead atoms. The van der Waals surface area contributed by atoms with Crippen molar-refractivity contribution < 1.29 is 5.11 Å². The van der Waals surface area contributed by atoms with Crippen molar-refractivity contribution in [3.8, 4) is 0 Å². The molecule has 3 rings (SSSR count). The fraction of sp³-hybridized carbons (Fsp3) is 0.500. The molecule has 0 spiro atoms. The number of tetrazole rings is 1. The van der Waals surface area contributed by atoms with Crippen LogP contribution in [0.15, 0.2) is 30.3 Å². The molecule has 20 heavy (non-hydrogen) atoms. The van der Waals surface area contributed by atoms with Crippen molar-refractivity contribution >= 4 is 5.69 Å². The Hall–Kier alpha value is -1.95. The van der Waals surface area contributed by atoms with Gasteiger partial charge in [0.15, 0.2) is 5.82 Å². The Morgan fingerprint density at radius 3 is 2.75 bits per heavy atom. The third-order valence-corrected chi connectivity index (χ3v) is 3.49. The van der Waals surface area contributed by atoms with Crippen LogP contribution >= 0.6 is 0 Å². The molecule has 0 unspecified atom stereocenters. The Bertz CT molecular complexity index is 538. The zero-order chi connectivity index (χ0) is 13.8. The summed E-state index contributed by atoms with van der Waals surface area (Å²) in [7, 11) is 0. The minimum Gasteiger partial charge on any atom is -0.396 e. The van der Waals surface area contributed by atoms with Gasteiger partial charge in [0, 0.05) is 18.8 Å². The second kappa shape index (κ2) is 6.00. The van der Waals surface area contributed by atoms with Gasteiger partial charge < -0.3 is 10.0 Å². The highest BCUT2D eigenvalue weighted by atomic mass is 16.3. The van der Waals surface area contributed by atoms with Gasteiger partial charge in [0.1, 0.15) is 0 Å². The van der Waals surface area contributed by atoms with Crippen molar-refractivity contribution in [1.29, 1.82) is 0 Å². The zero-order valence-electron chi connectivity index (χ0n) is 11.4. The minimum absolute atomic E-state index is 0.191. The molecule has 0 amide bonds. The monoisotopic (exact) mass is 273 g/mol. The van der Waals surface area contributed by atoms with Gasteiger partial charge in [0.25, 0.3) is 0 Å². The molecule has 0 saturated heterocycles. The molecule has 0 atom stereocenters. The predicted molar refractivity (Wildman–Crippen MR) is 75.3 cm³/mol. The summed E-state index contributed by atoms with van der Waals surface area (Å²) in [4.78, 5) is 2.21. The highest BCUT2D eigenvalue weighted by Gasteiger charge is 2.28. The fourth-order valence-corrected chi connectivity index (χ4v) is 2.29. The van der Waals surface area contributed by atoms with Crippen LogP contribution in [-0.4, -0.2) is 38.5 Å². The molecule has 1 aliphatic carbocycles. The molecular weight excluding hydrogens is 254 g/mol. The predicted octanol–water partition coefficient (Wildman–Crippen LogP) is 1.40. The van der Waals surface area contributed by atoms with E-state index in [2.05, 4.69) is 32.6 Å². The summed E-state index contributed by atoms with van der Waals surface area (Å²) in [6, 6.07) is 10.7. The summed E-state index contributed by atoms with van der Waals surface area (Å²) in [5, 5.41) is 21.1. The summed E-state index contributed by atoms with van der Waals surface area (Å²) < 4.78 is 1.94. The zero-order valence-corrected chi connectivity index (χ0v) is 11.4. The van der Waals surface area contributed by atoms with E-state index in [-0.39, 0.29) is 6.61 Å². The third-order valence-electron chi connectivity index (χ3n) is 3.49. The van der Waals surface area contributed by atoms with Crippen molar-refractivity contribution in [2.24, 2.45) is 0 Å². The number of rotatable bonds is 7. The highest BCUT2D eigenvalue weighted by Crippen LogP contribution is 2.34. The Morgan fingerprint density at radius 1 is 1.25 bits per heavy atom. The number of hydrogen-bond acceptors (Lipinski definition) is 5. The molecule has 0 radical (unpaired) electrons. The molecule has 1 aliphatic rings. The van der Waals surface area contributed by atoms with Gasteiger partial charge in [-0.2, -0.15) is 0 Å². The number of anilines is 1. The van der Waals surface area contributed by atoms with Crippen molar-refractivity contribution in [1.82, 2.24) is 20.2 Å². The summed E-state index contributed by atoms with van der Waals surface area (Å²) in [5.74, 6) is 0.897. The molecular formula is C14H19N5O. The molecule has 6 heteroatoms. The van der Waals surface area contributed by atoms with E-state index in [9.17, 15) is 0 Å². The molecule has 6 nitrogen and oxygen atoms in total. The summed E-state index contributed by atoms with van der Waals surface area (Å²) >= 11 is 0. The molecule has 106 valence electrons. The lowest BCUT2D eigenvalue weighted by Gasteiger charge is -2.24. The maximum absolute atomic E-state index is 9.07. The fourth-order valence-electron chi connectivity index (χ4n) is 2.29. The summed E-state index contributed by atoms with van der Waals surface area (Å²) in [5.41, 5.74) is 1.13. The van der Waals surface area contributed by atoms with Gasteiger partial charge in [0.05, 0.1) is 12.6 Å². The minimum atomic E-state index is 0.191. The Kier molecular flexibility index (Phi) is 3.92. The van der Waals surface area contributed by atoms with Crippen molar-refractivity contribution in [3.05, 3.63) is 36.2 Å². The van der Waals surface area contributed by atoms with E-state index in [0.717, 1.165) is 24.5 Å². The average Bonchev–Trinajstić information content (AvgIpc) is 3.24. The molecule has 1 saturated carbocycles. The maximum Gasteiger partial charge on any atom is 0.170 e. The van der Waals surface area contributed by atoms with Crippen LogP contribution in [0.1, 0.15) is 31.1 Å². The molecule has 2 aromatic rings. The van der Waals surface area contributed by atoms with Gasteiger partial charge >= 0.3 is 0 Å². The van der Waals surface area contributed by atoms with E-state index in [1.807, 2.05) is 22.9 Å². The normalized spacial score (nSPS) is 14.4. The molecule has 1 heterocycles. The summed E-state index contributed by atoms with van der Waals surface area (Å²) in [6.45, 7) is 1.66. The SMILES string of the molecule is OCCCN(Cc1nnnn1C1CC1)c1ccccc1. The van der Waals surface area contributed by atoms with Crippen LogP contribution in [0, 0.1) is 0 Å². The number of hydrogen-bond donors (Lipinski definition) is 1. The van der Waals surface area contributed by atoms with Crippen LogP contribution in [0.4, 0.5) is 5.69 Å².